The van der Waals surface area contributed by atoms with Crippen molar-refractivity contribution in [2.45, 2.75) is 33.6 Å². The van der Waals surface area contributed by atoms with Crippen LogP contribution in [0.25, 0.3) is 0 Å². The number of hydrogen-bond donors (Lipinski definition) is 0. The molecule has 2 aromatic rings. The molecule has 2 aromatic carbocycles. The number of nitrogens with zero attached hydrogens (tertiary/aromatic N) is 1. The van der Waals surface area contributed by atoms with Gasteiger partial charge in [-0.05, 0) is 61.7 Å². The number of oxime groups is 1. The van der Waals surface area contributed by atoms with Gasteiger partial charge in [0.2, 0.25) is 0 Å². The first-order chi connectivity index (χ1) is 14.1. The van der Waals surface area contributed by atoms with Crippen LogP contribution in [-0.4, -0.2) is 33.1 Å². The van der Waals surface area contributed by atoms with Crippen molar-refractivity contribution in [2.24, 2.45) is 5.16 Å². The smallest absolute Gasteiger partial charge is 0.125 e. The second-order valence-corrected chi connectivity index (χ2v) is 6.64. The number of ether oxygens (including phenoxy) is 3. The summed E-state index contributed by atoms with van der Waals surface area (Å²) >= 11 is 0. The van der Waals surface area contributed by atoms with Crippen LogP contribution in [0.2, 0.25) is 0 Å². The van der Waals surface area contributed by atoms with Gasteiger partial charge < -0.3 is 19.0 Å². The summed E-state index contributed by atoms with van der Waals surface area (Å²) in [6, 6.07) is 12.0. The second kappa shape index (κ2) is 12.5. The summed E-state index contributed by atoms with van der Waals surface area (Å²) < 4.78 is 17.5. The zero-order valence-corrected chi connectivity index (χ0v) is 17.8. The van der Waals surface area contributed by atoms with Crippen molar-refractivity contribution in [3.63, 3.8) is 0 Å². The average molecular weight is 398 g/mol. The monoisotopic (exact) mass is 397 g/mol. The lowest BCUT2D eigenvalue weighted by atomic mass is 10.1. The maximum atomic E-state index is 5.98. The Hall–Kier alpha value is -2.95. The Labute approximate surface area is 173 Å². The van der Waals surface area contributed by atoms with Crippen LogP contribution in [0.4, 0.5) is 0 Å². The SMILES string of the molecule is C/C=C/COc1cc(C)c(OCCCOc2ccc(C/C=N/OC)cc2)c(C)c1. The molecule has 0 fully saturated rings. The summed E-state index contributed by atoms with van der Waals surface area (Å²) in [5.41, 5.74) is 3.31. The highest BCUT2D eigenvalue weighted by molar-refractivity contribution is 5.60. The maximum Gasteiger partial charge on any atom is 0.125 e. The molecule has 0 aliphatic heterocycles. The van der Waals surface area contributed by atoms with Crippen molar-refractivity contribution < 1.29 is 19.0 Å². The Kier molecular flexibility index (Phi) is 9.63. The number of hydrogen-bond acceptors (Lipinski definition) is 5. The van der Waals surface area contributed by atoms with Gasteiger partial charge in [0.1, 0.15) is 31.0 Å². The summed E-state index contributed by atoms with van der Waals surface area (Å²) in [4.78, 5) is 4.66. The fourth-order valence-corrected chi connectivity index (χ4v) is 2.82. The Morgan fingerprint density at radius 3 is 2.24 bits per heavy atom. The fraction of sp³-hybridized carbons (Fsp3) is 0.375. The van der Waals surface area contributed by atoms with Crippen molar-refractivity contribution in [3.8, 4) is 17.2 Å². The average Bonchev–Trinajstić information content (AvgIpc) is 2.71. The number of aryl methyl sites for hydroxylation is 2. The lowest BCUT2D eigenvalue weighted by Gasteiger charge is -2.14. The third-order valence-electron chi connectivity index (χ3n) is 4.25. The summed E-state index contributed by atoms with van der Waals surface area (Å²) in [6.45, 7) is 7.85. The molecule has 0 aliphatic rings. The maximum absolute atomic E-state index is 5.98. The van der Waals surface area contributed by atoms with Crippen molar-refractivity contribution >= 4 is 6.21 Å². The largest absolute Gasteiger partial charge is 0.493 e. The van der Waals surface area contributed by atoms with E-state index in [1.807, 2.05) is 69.3 Å². The minimum atomic E-state index is 0.578. The van der Waals surface area contributed by atoms with Gasteiger partial charge in [0, 0.05) is 19.1 Å². The summed E-state index contributed by atoms with van der Waals surface area (Å²) in [5.74, 6) is 2.64. The van der Waals surface area contributed by atoms with Crippen molar-refractivity contribution in [1.29, 1.82) is 0 Å². The Balaban J connectivity index is 1.74. The van der Waals surface area contributed by atoms with Gasteiger partial charge in [-0.1, -0.05) is 29.4 Å². The van der Waals surface area contributed by atoms with Gasteiger partial charge in [0.15, 0.2) is 0 Å². The molecule has 29 heavy (non-hydrogen) atoms. The second-order valence-electron chi connectivity index (χ2n) is 6.64. The molecular formula is C24H31NO4. The topological polar surface area (TPSA) is 49.3 Å². The highest BCUT2D eigenvalue weighted by Gasteiger charge is 2.07. The molecule has 0 aromatic heterocycles. The first-order valence-corrected chi connectivity index (χ1v) is 9.88. The van der Waals surface area contributed by atoms with Crippen LogP contribution in [0, 0.1) is 13.8 Å². The summed E-state index contributed by atoms with van der Waals surface area (Å²) in [7, 11) is 1.54. The molecule has 5 heteroatoms. The van der Waals surface area contributed by atoms with Crippen LogP contribution in [0.3, 0.4) is 0 Å². The molecule has 0 amide bonds. The number of allylic oxidation sites excluding steroid dienone is 1. The van der Waals surface area contributed by atoms with Crippen LogP contribution in [-0.2, 0) is 11.3 Å². The molecule has 0 aliphatic carbocycles. The van der Waals surface area contributed by atoms with Gasteiger partial charge in [-0.15, -0.1) is 0 Å². The van der Waals surface area contributed by atoms with Crippen LogP contribution in [0.15, 0.2) is 53.7 Å². The van der Waals surface area contributed by atoms with E-state index in [4.69, 9.17) is 14.2 Å². The molecule has 0 saturated carbocycles. The van der Waals surface area contributed by atoms with Crippen molar-refractivity contribution in [3.05, 3.63) is 65.2 Å². The van der Waals surface area contributed by atoms with Gasteiger partial charge >= 0.3 is 0 Å². The highest BCUT2D eigenvalue weighted by Crippen LogP contribution is 2.28. The van der Waals surface area contributed by atoms with Crippen molar-refractivity contribution in [2.75, 3.05) is 26.9 Å². The Morgan fingerprint density at radius 1 is 0.897 bits per heavy atom. The standard InChI is InChI=1S/C24H31NO4/c1-5-6-14-28-23-17-19(2)24(20(3)18-23)29-16-7-15-27-22-10-8-21(9-11-22)12-13-25-26-4/h5-6,8-11,13,17-18H,7,12,14-16H2,1-4H3/b6-5+,25-13+. The van der Waals surface area contributed by atoms with E-state index in [-0.39, 0.29) is 0 Å². The molecule has 2 rings (SSSR count). The van der Waals surface area contributed by atoms with Gasteiger partial charge in [-0.2, -0.15) is 0 Å². The van der Waals surface area contributed by atoms with Crippen LogP contribution in [0.1, 0.15) is 30.0 Å². The van der Waals surface area contributed by atoms with E-state index < -0.39 is 0 Å². The van der Waals surface area contributed by atoms with E-state index in [9.17, 15) is 0 Å². The highest BCUT2D eigenvalue weighted by atomic mass is 16.6. The van der Waals surface area contributed by atoms with Crippen LogP contribution in [0.5, 0.6) is 17.2 Å². The predicted molar refractivity (Wildman–Crippen MR) is 117 cm³/mol. The minimum Gasteiger partial charge on any atom is -0.493 e. The zero-order chi connectivity index (χ0) is 20.9. The van der Waals surface area contributed by atoms with E-state index in [0.717, 1.165) is 46.8 Å². The third kappa shape index (κ3) is 7.90. The molecule has 0 unspecified atom stereocenters. The quantitative estimate of drug-likeness (QED) is 0.212. The summed E-state index contributed by atoms with van der Waals surface area (Å²) in [6.07, 6.45) is 7.24. The first-order valence-electron chi connectivity index (χ1n) is 9.88. The molecule has 0 spiro atoms. The fourth-order valence-electron chi connectivity index (χ4n) is 2.82. The third-order valence-corrected chi connectivity index (χ3v) is 4.25. The molecule has 0 N–H and O–H groups in total. The Bertz CT molecular complexity index is 774. The van der Waals surface area contributed by atoms with E-state index >= 15 is 0 Å². The number of rotatable bonds is 12. The van der Waals surface area contributed by atoms with Gasteiger partial charge in [0.25, 0.3) is 0 Å². The van der Waals surface area contributed by atoms with Crippen LogP contribution < -0.4 is 14.2 Å². The van der Waals surface area contributed by atoms with E-state index in [2.05, 4.69) is 9.99 Å². The van der Waals surface area contributed by atoms with Gasteiger partial charge in [-0.25, -0.2) is 0 Å². The van der Waals surface area contributed by atoms with Gasteiger partial charge in [-0.3, -0.25) is 0 Å². The van der Waals surface area contributed by atoms with Gasteiger partial charge in [0.05, 0.1) is 13.2 Å². The van der Waals surface area contributed by atoms with E-state index in [1.165, 1.54) is 7.11 Å². The lowest BCUT2D eigenvalue weighted by molar-refractivity contribution is 0.215. The molecular weight excluding hydrogens is 366 g/mol. The molecule has 5 nitrogen and oxygen atoms in total. The predicted octanol–water partition coefficient (Wildman–Crippen LogP) is 5.28. The normalized spacial score (nSPS) is 11.2. The Morgan fingerprint density at radius 2 is 1.59 bits per heavy atom. The molecule has 0 heterocycles. The van der Waals surface area contributed by atoms with Crippen LogP contribution >= 0.6 is 0 Å². The zero-order valence-electron chi connectivity index (χ0n) is 17.8. The molecule has 0 atom stereocenters. The lowest BCUT2D eigenvalue weighted by Crippen LogP contribution is -2.07. The van der Waals surface area contributed by atoms with E-state index in [1.54, 1.807) is 6.21 Å². The molecule has 0 bridgehead atoms. The van der Waals surface area contributed by atoms with E-state index in [0.29, 0.717) is 19.8 Å². The minimum absolute atomic E-state index is 0.578. The molecule has 0 saturated heterocycles. The number of benzene rings is 2. The first kappa shape index (κ1) is 22.3. The molecule has 156 valence electrons. The van der Waals surface area contributed by atoms with Crippen molar-refractivity contribution in [1.82, 2.24) is 0 Å². The summed E-state index contributed by atoms with van der Waals surface area (Å²) in [5, 5.41) is 3.74. The molecule has 0 radical (unpaired) electrons.